The number of carbonyl (C=O) groups excluding carboxylic acids is 2. The molecule has 0 bridgehead atoms. The predicted octanol–water partition coefficient (Wildman–Crippen LogP) is 6.14. The lowest BCUT2D eigenvalue weighted by Gasteiger charge is -2.35. The predicted molar refractivity (Wildman–Crippen MR) is 164 cm³/mol. The molecule has 0 radical (unpaired) electrons. The summed E-state index contributed by atoms with van der Waals surface area (Å²) in [5, 5.41) is 18.4. The number of rotatable bonds is 12. The number of halogens is 1. The van der Waals surface area contributed by atoms with Crippen LogP contribution in [-0.2, 0) is 24.7 Å². The maximum absolute atomic E-state index is 13.3. The van der Waals surface area contributed by atoms with Crippen LogP contribution in [0.1, 0.15) is 47.4 Å². The fourth-order valence-electron chi connectivity index (χ4n) is 4.92. The Labute approximate surface area is 253 Å². The summed E-state index contributed by atoms with van der Waals surface area (Å²) in [7, 11) is 5.11. The van der Waals surface area contributed by atoms with Crippen molar-refractivity contribution in [3.05, 3.63) is 73.8 Å². The van der Waals surface area contributed by atoms with Crippen molar-refractivity contribution in [2.45, 2.75) is 49.9 Å². The topological polar surface area (TPSA) is 97.3 Å². The number of carbonyl (C=O) groups is 2. The van der Waals surface area contributed by atoms with Gasteiger partial charge >= 0.3 is 5.97 Å². The average molecular weight is 619 g/mol. The Morgan fingerprint density at radius 2 is 1.78 bits per heavy atom. The minimum absolute atomic E-state index is 0.148. The quantitative estimate of drug-likeness (QED) is 0.186. The standard InChI is InChI=1S/C30H35ClN2O6S2/c1-33(14-12-28(34)32-24-19-25(38-3)20(13-15-37-2)18-23(24)31)21-8-10-22(11-9-21)39-29(35)30(36,26-6-4-16-40-26)27-7-5-17-41-27/h4-7,13,15-19,21-22,36H,8-12,14H2,1-3H3,(H,32,34)/b15-13+. The minimum Gasteiger partial charge on any atom is -0.504 e. The number of methoxy groups -OCH3 is 2. The number of nitrogens with zero attached hydrogens (tertiary/aromatic N) is 1. The highest BCUT2D eigenvalue weighted by Crippen LogP contribution is 2.38. The zero-order chi connectivity index (χ0) is 29.4. The van der Waals surface area contributed by atoms with Crippen molar-refractivity contribution >= 4 is 57.9 Å². The molecule has 0 saturated heterocycles. The number of hydrogen-bond donors (Lipinski definition) is 2. The molecule has 0 atom stereocenters. The fourth-order valence-corrected chi connectivity index (χ4v) is 6.85. The van der Waals surface area contributed by atoms with Crippen molar-refractivity contribution < 1.29 is 28.9 Å². The molecule has 1 aliphatic rings. The van der Waals surface area contributed by atoms with Gasteiger partial charge in [-0.3, -0.25) is 4.79 Å². The SMILES string of the molecule is CO/C=C/c1cc(Cl)c(NC(=O)CCN(C)C2CCC(OC(=O)C(O)(c3cccs3)c3cccs3)CC2)cc1OC. The summed E-state index contributed by atoms with van der Waals surface area (Å²) >= 11 is 9.06. The fraction of sp³-hybridized carbons (Fsp3) is 0.400. The summed E-state index contributed by atoms with van der Waals surface area (Å²) < 4.78 is 16.2. The Morgan fingerprint density at radius 3 is 2.34 bits per heavy atom. The highest BCUT2D eigenvalue weighted by molar-refractivity contribution is 7.12. The van der Waals surface area contributed by atoms with Crippen LogP contribution in [-0.4, -0.2) is 61.8 Å². The molecule has 41 heavy (non-hydrogen) atoms. The van der Waals surface area contributed by atoms with Crippen LogP contribution in [0.15, 0.2) is 53.4 Å². The summed E-state index contributed by atoms with van der Waals surface area (Å²) in [5.41, 5.74) is -0.573. The third kappa shape index (κ3) is 7.50. The highest BCUT2D eigenvalue weighted by atomic mass is 35.5. The van der Waals surface area contributed by atoms with E-state index in [2.05, 4.69) is 10.2 Å². The number of nitrogens with one attached hydrogen (secondary N) is 1. The molecule has 1 aliphatic carbocycles. The van der Waals surface area contributed by atoms with Crippen molar-refractivity contribution in [3.63, 3.8) is 0 Å². The van der Waals surface area contributed by atoms with Gasteiger partial charge in [0.1, 0.15) is 11.9 Å². The zero-order valence-electron chi connectivity index (χ0n) is 23.3. The molecule has 4 rings (SSSR count). The largest absolute Gasteiger partial charge is 0.504 e. The van der Waals surface area contributed by atoms with E-state index < -0.39 is 11.6 Å². The van der Waals surface area contributed by atoms with E-state index in [-0.39, 0.29) is 18.1 Å². The first kappa shape index (κ1) is 31.1. The van der Waals surface area contributed by atoms with Gasteiger partial charge in [0.05, 0.1) is 40.9 Å². The second-order valence-electron chi connectivity index (χ2n) is 9.89. The van der Waals surface area contributed by atoms with Gasteiger partial charge < -0.3 is 29.5 Å². The monoisotopic (exact) mass is 618 g/mol. The third-order valence-electron chi connectivity index (χ3n) is 7.26. The van der Waals surface area contributed by atoms with E-state index in [4.69, 9.17) is 25.8 Å². The van der Waals surface area contributed by atoms with E-state index in [1.54, 1.807) is 44.6 Å². The molecule has 220 valence electrons. The lowest BCUT2D eigenvalue weighted by molar-refractivity contribution is -0.169. The molecule has 3 aromatic rings. The summed E-state index contributed by atoms with van der Waals surface area (Å²) in [5.74, 6) is -0.212. The summed E-state index contributed by atoms with van der Waals surface area (Å²) in [6.07, 6.45) is 6.32. The average Bonchev–Trinajstić information content (AvgIpc) is 3.72. The molecule has 2 heterocycles. The van der Waals surface area contributed by atoms with Crippen LogP contribution in [0.2, 0.25) is 5.02 Å². The van der Waals surface area contributed by atoms with Gasteiger partial charge in [0.2, 0.25) is 11.5 Å². The number of anilines is 1. The molecule has 2 aromatic heterocycles. The maximum atomic E-state index is 13.3. The van der Waals surface area contributed by atoms with Crippen molar-refractivity contribution in [2.24, 2.45) is 0 Å². The molecule has 1 aromatic carbocycles. The first-order chi connectivity index (χ1) is 19.8. The van der Waals surface area contributed by atoms with Crippen molar-refractivity contribution in [1.29, 1.82) is 0 Å². The second-order valence-corrected chi connectivity index (χ2v) is 12.2. The maximum Gasteiger partial charge on any atom is 0.349 e. The van der Waals surface area contributed by atoms with Gasteiger partial charge in [0.25, 0.3) is 0 Å². The van der Waals surface area contributed by atoms with E-state index in [9.17, 15) is 14.7 Å². The molecule has 1 fully saturated rings. The minimum atomic E-state index is -1.79. The Balaban J connectivity index is 1.26. The van der Waals surface area contributed by atoms with Crippen LogP contribution in [0.25, 0.3) is 6.08 Å². The van der Waals surface area contributed by atoms with Gasteiger partial charge in [-0.1, -0.05) is 23.7 Å². The Morgan fingerprint density at radius 1 is 1.12 bits per heavy atom. The lowest BCUT2D eigenvalue weighted by Crippen LogP contribution is -2.42. The number of aliphatic hydroxyl groups is 1. The molecule has 11 heteroatoms. The van der Waals surface area contributed by atoms with Gasteiger partial charge in [-0.15, -0.1) is 22.7 Å². The van der Waals surface area contributed by atoms with E-state index in [0.29, 0.717) is 52.0 Å². The number of benzene rings is 1. The number of amides is 1. The molecular formula is C30H35ClN2O6S2. The first-order valence-electron chi connectivity index (χ1n) is 13.3. The number of ether oxygens (including phenoxy) is 3. The molecule has 0 spiro atoms. The van der Waals surface area contributed by atoms with Crippen molar-refractivity contribution in [3.8, 4) is 5.75 Å². The Hall–Kier alpha value is -2.89. The lowest BCUT2D eigenvalue weighted by atomic mass is 9.91. The number of hydrogen-bond acceptors (Lipinski definition) is 9. The van der Waals surface area contributed by atoms with Crippen LogP contribution in [0.3, 0.4) is 0 Å². The molecule has 1 saturated carbocycles. The summed E-state index contributed by atoms with van der Waals surface area (Å²) in [6.45, 7) is 0.570. The van der Waals surface area contributed by atoms with Crippen molar-refractivity contribution in [2.75, 3.05) is 33.1 Å². The van der Waals surface area contributed by atoms with E-state index >= 15 is 0 Å². The van der Waals surface area contributed by atoms with Gasteiger partial charge in [-0.05, 0) is 67.8 Å². The molecular weight excluding hydrogens is 584 g/mol. The van der Waals surface area contributed by atoms with Gasteiger partial charge in [0.15, 0.2) is 0 Å². The van der Waals surface area contributed by atoms with E-state index in [1.165, 1.54) is 28.9 Å². The van der Waals surface area contributed by atoms with Crippen LogP contribution >= 0.6 is 34.3 Å². The Bertz CT molecular complexity index is 1290. The van der Waals surface area contributed by atoms with Crippen molar-refractivity contribution in [1.82, 2.24) is 4.90 Å². The molecule has 8 nitrogen and oxygen atoms in total. The highest BCUT2D eigenvalue weighted by Gasteiger charge is 2.45. The molecule has 0 unspecified atom stereocenters. The summed E-state index contributed by atoms with van der Waals surface area (Å²) in [6, 6.07) is 10.8. The Kier molecular flexibility index (Phi) is 10.9. The normalized spacial score (nSPS) is 17.5. The van der Waals surface area contributed by atoms with E-state index in [0.717, 1.165) is 18.4 Å². The van der Waals surface area contributed by atoms with Crippen LogP contribution in [0.5, 0.6) is 5.75 Å². The third-order valence-corrected chi connectivity index (χ3v) is 9.53. The van der Waals surface area contributed by atoms with E-state index in [1.807, 2.05) is 29.9 Å². The van der Waals surface area contributed by atoms with Gasteiger partial charge in [-0.25, -0.2) is 4.79 Å². The van der Waals surface area contributed by atoms with Gasteiger partial charge in [-0.2, -0.15) is 0 Å². The number of thiophene rings is 2. The smallest absolute Gasteiger partial charge is 0.349 e. The first-order valence-corrected chi connectivity index (χ1v) is 15.5. The van der Waals surface area contributed by atoms with Crippen LogP contribution < -0.4 is 10.1 Å². The second kappa shape index (κ2) is 14.3. The van der Waals surface area contributed by atoms with Gasteiger partial charge in [0, 0.05) is 30.6 Å². The molecule has 1 amide bonds. The molecule has 0 aliphatic heterocycles. The van der Waals surface area contributed by atoms with Crippen LogP contribution in [0.4, 0.5) is 5.69 Å². The zero-order valence-corrected chi connectivity index (χ0v) is 25.7. The van der Waals surface area contributed by atoms with Crippen LogP contribution in [0, 0.1) is 0 Å². The number of esters is 1. The summed E-state index contributed by atoms with van der Waals surface area (Å²) in [4.78, 5) is 29.3. The molecule has 2 N–H and O–H groups in total.